The van der Waals surface area contributed by atoms with Crippen molar-refractivity contribution in [2.24, 2.45) is 0 Å². The van der Waals surface area contributed by atoms with Crippen LogP contribution in [0.15, 0.2) is 35.6 Å². The molecule has 1 aromatic carbocycles. The van der Waals surface area contributed by atoms with Crippen LogP contribution < -0.4 is 0 Å². The molecular formula is C18H17FN2OS2. The first kappa shape index (κ1) is 16.0. The number of aliphatic hydroxyl groups is 1. The molecule has 3 nitrogen and oxygen atoms in total. The van der Waals surface area contributed by atoms with E-state index in [9.17, 15) is 9.50 Å². The first-order valence-electron chi connectivity index (χ1n) is 8.04. The van der Waals surface area contributed by atoms with Crippen LogP contribution in [0.4, 0.5) is 4.39 Å². The summed E-state index contributed by atoms with van der Waals surface area (Å²) in [5, 5.41) is 12.4. The Labute approximate surface area is 148 Å². The van der Waals surface area contributed by atoms with Crippen molar-refractivity contribution in [3.63, 3.8) is 0 Å². The molecule has 4 rings (SSSR count). The van der Waals surface area contributed by atoms with Gasteiger partial charge in [-0.3, -0.25) is 0 Å². The van der Waals surface area contributed by atoms with Gasteiger partial charge in [-0.05, 0) is 48.9 Å². The summed E-state index contributed by atoms with van der Waals surface area (Å²) in [5.74, 6) is 0.119. The first-order valence-corrected chi connectivity index (χ1v) is 9.84. The van der Waals surface area contributed by atoms with E-state index < -0.39 is 6.10 Å². The summed E-state index contributed by atoms with van der Waals surface area (Å²) in [6.45, 7) is 0. The molecule has 0 amide bonds. The number of aryl methyl sites for hydroxylation is 2. The van der Waals surface area contributed by atoms with Crippen LogP contribution in [-0.4, -0.2) is 20.8 Å². The molecule has 0 aliphatic heterocycles. The minimum absolute atomic E-state index is 0.326. The second-order valence-electron chi connectivity index (χ2n) is 5.95. The molecule has 0 saturated carbocycles. The quantitative estimate of drug-likeness (QED) is 0.548. The molecule has 24 heavy (non-hydrogen) atoms. The van der Waals surface area contributed by atoms with Crippen molar-refractivity contribution in [2.75, 3.05) is 5.75 Å². The lowest BCUT2D eigenvalue weighted by atomic mass is 9.97. The molecule has 1 atom stereocenters. The standard InChI is InChI=1S/C18H17FN2OS2/c19-12-5-3-4-11(8-12)14(22)9-23-17-16-13-6-1-2-7-15(13)24-18(16)21-10-20-17/h3-5,8,10,14,22H,1-2,6-7,9H2. The van der Waals surface area contributed by atoms with Gasteiger partial charge in [-0.1, -0.05) is 12.1 Å². The van der Waals surface area contributed by atoms with Crippen LogP contribution in [0.25, 0.3) is 10.2 Å². The van der Waals surface area contributed by atoms with Gasteiger partial charge in [-0.15, -0.1) is 23.1 Å². The summed E-state index contributed by atoms with van der Waals surface area (Å²) in [5.41, 5.74) is 1.99. The fourth-order valence-corrected chi connectivity index (χ4v) is 5.43. The fourth-order valence-electron chi connectivity index (χ4n) is 3.14. The van der Waals surface area contributed by atoms with Crippen LogP contribution in [0.3, 0.4) is 0 Å². The van der Waals surface area contributed by atoms with Crippen LogP contribution >= 0.6 is 23.1 Å². The summed E-state index contributed by atoms with van der Waals surface area (Å²) < 4.78 is 13.3. The number of aliphatic hydroxyl groups excluding tert-OH is 1. The Kier molecular flexibility index (Phi) is 4.52. The van der Waals surface area contributed by atoms with Gasteiger partial charge >= 0.3 is 0 Å². The molecule has 1 unspecified atom stereocenters. The zero-order valence-corrected chi connectivity index (χ0v) is 14.7. The predicted octanol–water partition coefficient (Wildman–Crippen LogP) is 4.53. The maximum Gasteiger partial charge on any atom is 0.128 e. The number of hydrogen-bond donors (Lipinski definition) is 1. The zero-order valence-electron chi connectivity index (χ0n) is 13.0. The van der Waals surface area contributed by atoms with Crippen LogP contribution in [0.1, 0.15) is 34.9 Å². The summed E-state index contributed by atoms with van der Waals surface area (Å²) in [6.07, 6.45) is 5.55. The van der Waals surface area contributed by atoms with Crippen molar-refractivity contribution in [1.82, 2.24) is 9.97 Å². The maximum absolute atomic E-state index is 13.3. The molecule has 2 heterocycles. The lowest BCUT2D eigenvalue weighted by molar-refractivity contribution is 0.203. The van der Waals surface area contributed by atoms with E-state index in [1.54, 1.807) is 29.8 Å². The molecule has 124 valence electrons. The van der Waals surface area contributed by atoms with Gasteiger partial charge in [0.05, 0.1) is 6.10 Å². The third-order valence-corrected chi connectivity index (χ3v) is 6.59. The highest BCUT2D eigenvalue weighted by atomic mass is 32.2. The van der Waals surface area contributed by atoms with E-state index in [1.165, 1.54) is 47.2 Å². The Hall–Kier alpha value is -1.50. The first-order chi connectivity index (χ1) is 11.7. The number of benzene rings is 1. The van der Waals surface area contributed by atoms with Gasteiger partial charge in [0.25, 0.3) is 0 Å². The SMILES string of the molecule is OC(CSc1ncnc2sc3c(c12)CCCC3)c1cccc(F)c1. The molecule has 0 radical (unpaired) electrons. The lowest BCUT2D eigenvalue weighted by Crippen LogP contribution is -2.02. The molecule has 2 aromatic heterocycles. The van der Waals surface area contributed by atoms with E-state index in [1.807, 2.05) is 0 Å². The topological polar surface area (TPSA) is 46.0 Å². The van der Waals surface area contributed by atoms with E-state index in [2.05, 4.69) is 9.97 Å². The third-order valence-electron chi connectivity index (χ3n) is 4.33. The number of hydrogen-bond acceptors (Lipinski definition) is 5. The van der Waals surface area contributed by atoms with Gasteiger partial charge in [0.15, 0.2) is 0 Å². The van der Waals surface area contributed by atoms with Gasteiger partial charge in [-0.25, -0.2) is 14.4 Å². The Morgan fingerprint density at radius 1 is 1.25 bits per heavy atom. The molecule has 0 fully saturated rings. The minimum Gasteiger partial charge on any atom is -0.388 e. The Bertz CT molecular complexity index is 881. The monoisotopic (exact) mass is 360 g/mol. The highest BCUT2D eigenvalue weighted by Crippen LogP contribution is 2.39. The van der Waals surface area contributed by atoms with Gasteiger partial charge in [-0.2, -0.15) is 0 Å². The van der Waals surface area contributed by atoms with Crippen LogP contribution in [0.5, 0.6) is 0 Å². The van der Waals surface area contributed by atoms with Crippen molar-refractivity contribution in [1.29, 1.82) is 0 Å². The molecule has 3 aromatic rings. The molecule has 0 bridgehead atoms. The number of aromatic nitrogens is 2. The van der Waals surface area contributed by atoms with Crippen LogP contribution in [-0.2, 0) is 12.8 Å². The largest absolute Gasteiger partial charge is 0.388 e. The summed E-state index contributed by atoms with van der Waals surface area (Å²) in [4.78, 5) is 11.3. The molecule has 1 N–H and O–H groups in total. The molecule has 1 aliphatic rings. The van der Waals surface area contributed by atoms with Crippen molar-refractivity contribution in [2.45, 2.75) is 36.8 Å². The molecule has 0 spiro atoms. The molecule has 0 saturated heterocycles. The van der Waals surface area contributed by atoms with E-state index in [4.69, 9.17) is 0 Å². The normalized spacial score (nSPS) is 15.4. The Balaban J connectivity index is 1.59. The summed E-state index contributed by atoms with van der Waals surface area (Å²) >= 11 is 3.29. The van der Waals surface area contributed by atoms with Gasteiger partial charge in [0, 0.05) is 16.0 Å². The second-order valence-corrected chi connectivity index (χ2v) is 8.04. The van der Waals surface area contributed by atoms with Gasteiger partial charge < -0.3 is 5.11 Å². The highest BCUT2D eigenvalue weighted by Gasteiger charge is 2.20. The van der Waals surface area contributed by atoms with Gasteiger partial charge in [0.1, 0.15) is 22.0 Å². The Morgan fingerprint density at radius 2 is 2.12 bits per heavy atom. The molecule has 1 aliphatic carbocycles. The third kappa shape index (κ3) is 3.06. The van der Waals surface area contributed by atoms with Gasteiger partial charge in [0.2, 0.25) is 0 Å². The maximum atomic E-state index is 13.3. The number of halogens is 1. The average molecular weight is 360 g/mol. The number of fused-ring (bicyclic) bond motifs is 3. The predicted molar refractivity (Wildman–Crippen MR) is 96.1 cm³/mol. The smallest absolute Gasteiger partial charge is 0.128 e. The number of rotatable bonds is 4. The fraction of sp³-hybridized carbons (Fsp3) is 0.333. The lowest BCUT2D eigenvalue weighted by Gasteiger charge is -2.13. The number of thioether (sulfide) groups is 1. The Morgan fingerprint density at radius 3 is 3.00 bits per heavy atom. The summed E-state index contributed by atoms with van der Waals surface area (Å²) in [7, 11) is 0. The van der Waals surface area contributed by atoms with Crippen LogP contribution in [0.2, 0.25) is 0 Å². The zero-order chi connectivity index (χ0) is 16.5. The molecule has 6 heteroatoms. The van der Waals surface area contributed by atoms with E-state index in [0.29, 0.717) is 11.3 Å². The van der Waals surface area contributed by atoms with E-state index in [0.717, 1.165) is 28.1 Å². The number of thiophene rings is 1. The number of nitrogens with zero attached hydrogens (tertiary/aromatic N) is 2. The van der Waals surface area contributed by atoms with Crippen molar-refractivity contribution < 1.29 is 9.50 Å². The van der Waals surface area contributed by atoms with E-state index in [-0.39, 0.29) is 5.82 Å². The summed E-state index contributed by atoms with van der Waals surface area (Å²) in [6, 6.07) is 6.13. The van der Waals surface area contributed by atoms with Crippen molar-refractivity contribution in [3.05, 3.63) is 52.4 Å². The van der Waals surface area contributed by atoms with E-state index >= 15 is 0 Å². The highest BCUT2D eigenvalue weighted by molar-refractivity contribution is 7.99. The second kappa shape index (κ2) is 6.78. The minimum atomic E-state index is -0.717. The van der Waals surface area contributed by atoms with Crippen LogP contribution in [0, 0.1) is 5.82 Å². The van der Waals surface area contributed by atoms with Crippen molar-refractivity contribution in [3.8, 4) is 0 Å². The molecular weight excluding hydrogens is 343 g/mol. The average Bonchev–Trinajstić information content (AvgIpc) is 2.99. The van der Waals surface area contributed by atoms with Crippen molar-refractivity contribution >= 4 is 33.3 Å².